The van der Waals surface area contributed by atoms with Crippen LogP contribution < -0.4 is 21.3 Å². The van der Waals surface area contributed by atoms with Crippen LogP contribution in [0.2, 0.25) is 0 Å². The minimum atomic E-state index is -0.524. The van der Waals surface area contributed by atoms with Crippen LogP contribution in [0.5, 0.6) is 0 Å². The molecule has 3 aromatic rings. The zero-order chi connectivity index (χ0) is 22.5. The minimum absolute atomic E-state index is 0.0332. The van der Waals surface area contributed by atoms with Crippen LogP contribution in [0.3, 0.4) is 0 Å². The van der Waals surface area contributed by atoms with E-state index in [1.54, 1.807) is 24.5 Å². The number of hydrogen-bond acceptors (Lipinski definition) is 8. The van der Waals surface area contributed by atoms with Crippen LogP contribution in [0.25, 0.3) is 0 Å². The Bertz CT molecular complexity index is 1090. The molecule has 0 unspecified atom stereocenters. The zero-order valence-corrected chi connectivity index (χ0v) is 17.4. The molecule has 10 heteroatoms. The molecule has 1 aliphatic heterocycles. The third-order valence-corrected chi connectivity index (χ3v) is 5.38. The number of pyridine rings is 2. The van der Waals surface area contributed by atoms with Gasteiger partial charge in [-0.15, -0.1) is 0 Å². The fourth-order valence-electron chi connectivity index (χ4n) is 3.60. The van der Waals surface area contributed by atoms with E-state index in [9.17, 15) is 14.5 Å². The summed E-state index contributed by atoms with van der Waals surface area (Å²) in [6.07, 6.45) is 5.00. The standard InChI is InChI=1S/C22H24FN7O2/c23-18-13-17(1-2-19(18)29-11-7-16(24)8-12-29)27-22-20(30(31)32)3-4-21(28-22)26-14-15-5-9-25-10-6-15/h1-6,9-10,13,16H,7-8,11-12,14,24H2,(H2,26,27,28). The summed E-state index contributed by atoms with van der Waals surface area (Å²) in [5, 5.41) is 17.5. The molecule has 0 amide bonds. The van der Waals surface area contributed by atoms with Crippen molar-refractivity contribution in [3.63, 3.8) is 0 Å². The number of piperidine rings is 1. The number of nitrogens with zero attached hydrogens (tertiary/aromatic N) is 4. The van der Waals surface area contributed by atoms with Gasteiger partial charge in [0.2, 0.25) is 5.82 Å². The van der Waals surface area contributed by atoms with Gasteiger partial charge in [0.05, 0.1) is 10.6 Å². The normalized spacial score (nSPS) is 14.2. The first kappa shape index (κ1) is 21.4. The molecule has 0 aliphatic carbocycles. The molecule has 9 nitrogen and oxygen atoms in total. The molecule has 166 valence electrons. The molecule has 1 saturated heterocycles. The van der Waals surface area contributed by atoms with E-state index >= 15 is 0 Å². The van der Waals surface area contributed by atoms with E-state index in [0.717, 1.165) is 18.4 Å². The first-order valence-corrected chi connectivity index (χ1v) is 10.3. The van der Waals surface area contributed by atoms with Gasteiger partial charge in [0.25, 0.3) is 0 Å². The summed E-state index contributed by atoms with van der Waals surface area (Å²) in [4.78, 5) is 21.2. The average molecular weight is 437 g/mol. The average Bonchev–Trinajstić information content (AvgIpc) is 2.79. The number of benzene rings is 1. The molecular weight excluding hydrogens is 413 g/mol. The van der Waals surface area contributed by atoms with Crippen LogP contribution in [-0.2, 0) is 6.54 Å². The van der Waals surface area contributed by atoms with Gasteiger partial charge in [-0.25, -0.2) is 9.37 Å². The second-order valence-electron chi connectivity index (χ2n) is 7.65. The van der Waals surface area contributed by atoms with Crippen molar-refractivity contribution in [3.8, 4) is 0 Å². The lowest BCUT2D eigenvalue weighted by Crippen LogP contribution is -2.40. The quantitative estimate of drug-likeness (QED) is 0.377. The van der Waals surface area contributed by atoms with Gasteiger partial charge in [0, 0.05) is 49.8 Å². The molecule has 1 aromatic carbocycles. The predicted octanol–water partition coefficient (Wildman–Crippen LogP) is 3.81. The van der Waals surface area contributed by atoms with E-state index in [1.165, 1.54) is 18.2 Å². The van der Waals surface area contributed by atoms with E-state index in [2.05, 4.69) is 20.6 Å². The maximum atomic E-state index is 14.8. The monoisotopic (exact) mass is 437 g/mol. The van der Waals surface area contributed by atoms with Gasteiger partial charge in [-0.05, 0) is 54.8 Å². The van der Waals surface area contributed by atoms with Gasteiger partial charge >= 0.3 is 5.69 Å². The third kappa shape index (κ3) is 5.09. The molecule has 1 fully saturated rings. The number of nitrogens with two attached hydrogens (primary N) is 1. The topological polar surface area (TPSA) is 122 Å². The number of nitrogens with one attached hydrogen (secondary N) is 2. The molecule has 4 N–H and O–H groups in total. The fourth-order valence-corrected chi connectivity index (χ4v) is 3.60. The Morgan fingerprint density at radius 2 is 1.91 bits per heavy atom. The lowest BCUT2D eigenvalue weighted by atomic mass is 10.1. The Morgan fingerprint density at radius 1 is 1.16 bits per heavy atom. The number of nitro groups is 1. The van der Waals surface area contributed by atoms with Crippen molar-refractivity contribution >= 4 is 28.7 Å². The van der Waals surface area contributed by atoms with Crippen molar-refractivity contribution in [2.45, 2.75) is 25.4 Å². The molecule has 1 aliphatic rings. The summed E-state index contributed by atoms with van der Waals surface area (Å²) < 4.78 is 14.8. The summed E-state index contributed by atoms with van der Waals surface area (Å²) in [6, 6.07) is 11.5. The molecule has 0 atom stereocenters. The van der Waals surface area contributed by atoms with Gasteiger partial charge in [-0.2, -0.15) is 0 Å². The van der Waals surface area contributed by atoms with E-state index in [0.29, 0.717) is 36.8 Å². The first-order chi connectivity index (χ1) is 15.5. The molecule has 32 heavy (non-hydrogen) atoms. The third-order valence-electron chi connectivity index (χ3n) is 5.38. The molecular formula is C22H24FN7O2. The summed E-state index contributed by atoms with van der Waals surface area (Å²) in [5.74, 6) is 0.0857. The van der Waals surface area contributed by atoms with Crippen LogP contribution in [0.4, 0.5) is 33.1 Å². The van der Waals surface area contributed by atoms with Gasteiger partial charge < -0.3 is 21.3 Å². The van der Waals surface area contributed by atoms with E-state index in [4.69, 9.17) is 5.73 Å². The molecule has 0 radical (unpaired) electrons. The molecule has 0 spiro atoms. The van der Waals surface area contributed by atoms with Crippen molar-refractivity contribution in [1.29, 1.82) is 0 Å². The molecule has 3 heterocycles. The van der Waals surface area contributed by atoms with Crippen LogP contribution in [0.15, 0.2) is 54.9 Å². The molecule has 2 aromatic heterocycles. The van der Waals surface area contributed by atoms with Crippen molar-refractivity contribution < 1.29 is 9.31 Å². The van der Waals surface area contributed by atoms with Crippen molar-refractivity contribution in [2.24, 2.45) is 5.73 Å². The zero-order valence-electron chi connectivity index (χ0n) is 17.4. The maximum absolute atomic E-state index is 14.8. The minimum Gasteiger partial charge on any atom is -0.369 e. The molecule has 4 rings (SSSR count). The second kappa shape index (κ2) is 9.56. The van der Waals surface area contributed by atoms with E-state index in [1.807, 2.05) is 17.0 Å². The van der Waals surface area contributed by atoms with Gasteiger partial charge in [-0.3, -0.25) is 15.1 Å². The second-order valence-corrected chi connectivity index (χ2v) is 7.65. The van der Waals surface area contributed by atoms with Gasteiger partial charge in [0.1, 0.15) is 11.6 Å². The molecule has 0 bridgehead atoms. The lowest BCUT2D eigenvalue weighted by Gasteiger charge is -2.32. The Morgan fingerprint density at radius 3 is 2.59 bits per heavy atom. The van der Waals surface area contributed by atoms with Crippen LogP contribution in [0.1, 0.15) is 18.4 Å². The number of halogens is 1. The van der Waals surface area contributed by atoms with E-state index < -0.39 is 10.7 Å². The van der Waals surface area contributed by atoms with Gasteiger partial charge in [-0.1, -0.05) is 0 Å². The van der Waals surface area contributed by atoms with Crippen LogP contribution in [-0.4, -0.2) is 34.0 Å². The largest absolute Gasteiger partial charge is 0.369 e. The smallest absolute Gasteiger partial charge is 0.311 e. The number of rotatable bonds is 7. The Balaban J connectivity index is 1.51. The fraction of sp³-hybridized carbons (Fsp3) is 0.273. The summed E-state index contributed by atoms with van der Waals surface area (Å²) in [5.41, 5.74) is 7.59. The van der Waals surface area contributed by atoms with Crippen molar-refractivity contribution in [3.05, 3.63) is 76.4 Å². The highest BCUT2D eigenvalue weighted by molar-refractivity contribution is 5.69. The Hall–Kier alpha value is -3.79. The predicted molar refractivity (Wildman–Crippen MR) is 122 cm³/mol. The van der Waals surface area contributed by atoms with Crippen LogP contribution in [0, 0.1) is 15.9 Å². The Kier molecular flexibility index (Phi) is 6.41. The highest BCUT2D eigenvalue weighted by Gasteiger charge is 2.20. The van der Waals surface area contributed by atoms with Gasteiger partial charge in [0.15, 0.2) is 0 Å². The number of aromatic nitrogens is 2. The highest BCUT2D eigenvalue weighted by Crippen LogP contribution is 2.30. The number of anilines is 4. The van der Waals surface area contributed by atoms with Crippen molar-refractivity contribution in [1.82, 2.24) is 9.97 Å². The summed E-state index contributed by atoms with van der Waals surface area (Å²) >= 11 is 0. The highest BCUT2D eigenvalue weighted by atomic mass is 19.1. The molecule has 0 saturated carbocycles. The van der Waals surface area contributed by atoms with E-state index in [-0.39, 0.29) is 17.5 Å². The van der Waals surface area contributed by atoms with Crippen LogP contribution >= 0.6 is 0 Å². The van der Waals surface area contributed by atoms with Crippen molar-refractivity contribution in [2.75, 3.05) is 28.6 Å². The first-order valence-electron chi connectivity index (χ1n) is 10.3. The summed E-state index contributed by atoms with van der Waals surface area (Å²) in [6.45, 7) is 1.88. The summed E-state index contributed by atoms with van der Waals surface area (Å²) in [7, 11) is 0. The lowest BCUT2D eigenvalue weighted by molar-refractivity contribution is -0.384. The maximum Gasteiger partial charge on any atom is 0.311 e. The number of hydrogen-bond donors (Lipinski definition) is 3. The Labute approximate surface area is 184 Å². The SMILES string of the molecule is NC1CCN(c2ccc(Nc3nc(NCc4ccncc4)ccc3[N+](=O)[O-])cc2F)CC1.